The first-order chi connectivity index (χ1) is 8.72. The van der Waals surface area contributed by atoms with E-state index in [1.54, 1.807) is 11.8 Å². The summed E-state index contributed by atoms with van der Waals surface area (Å²) < 4.78 is 0. The van der Waals surface area contributed by atoms with E-state index in [1.165, 1.54) is 4.90 Å². The van der Waals surface area contributed by atoms with Crippen molar-refractivity contribution in [3.8, 4) is 0 Å². The van der Waals surface area contributed by atoms with E-state index >= 15 is 0 Å². The molecule has 0 radical (unpaired) electrons. The molecule has 98 valence electrons. The number of rotatable bonds is 5. The van der Waals surface area contributed by atoms with E-state index in [0.717, 1.165) is 17.7 Å². The highest BCUT2D eigenvalue weighted by atomic mass is 32.2. The van der Waals surface area contributed by atoms with Gasteiger partial charge < -0.3 is 10.4 Å². The second-order valence-electron chi connectivity index (χ2n) is 4.76. The third-order valence-corrected chi connectivity index (χ3v) is 4.45. The SMILES string of the molecule is CC(CCO)CNC(=O)C1CSc2ccccc21. The van der Waals surface area contributed by atoms with Crippen molar-refractivity contribution in [1.82, 2.24) is 5.32 Å². The highest BCUT2D eigenvalue weighted by Gasteiger charge is 2.28. The minimum Gasteiger partial charge on any atom is -0.396 e. The Morgan fingerprint density at radius 2 is 2.33 bits per heavy atom. The topological polar surface area (TPSA) is 49.3 Å². The lowest BCUT2D eigenvalue weighted by atomic mass is 10.00. The fourth-order valence-corrected chi connectivity index (χ4v) is 3.33. The summed E-state index contributed by atoms with van der Waals surface area (Å²) in [5, 5.41) is 11.8. The van der Waals surface area contributed by atoms with Gasteiger partial charge in [-0.3, -0.25) is 4.79 Å². The zero-order chi connectivity index (χ0) is 13.0. The lowest BCUT2D eigenvalue weighted by Crippen LogP contribution is -2.33. The molecule has 1 aliphatic heterocycles. The minimum atomic E-state index is -0.0208. The Morgan fingerprint density at radius 3 is 3.11 bits per heavy atom. The zero-order valence-corrected chi connectivity index (χ0v) is 11.4. The van der Waals surface area contributed by atoms with Gasteiger partial charge in [0.25, 0.3) is 0 Å². The Morgan fingerprint density at radius 1 is 1.56 bits per heavy atom. The van der Waals surface area contributed by atoms with Gasteiger partial charge in [0.15, 0.2) is 0 Å². The Kier molecular flexibility index (Phi) is 4.66. The first kappa shape index (κ1) is 13.4. The van der Waals surface area contributed by atoms with E-state index in [9.17, 15) is 4.79 Å². The van der Waals surface area contributed by atoms with Crippen molar-refractivity contribution in [3.05, 3.63) is 29.8 Å². The van der Waals surface area contributed by atoms with Crippen LogP contribution in [0.1, 0.15) is 24.8 Å². The Labute approximate surface area is 112 Å². The van der Waals surface area contributed by atoms with Crippen molar-refractivity contribution in [3.63, 3.8) is 0 Å². The smallest absolute Gasteiger partial charge is 0.228 e. The molecule has 18 heavy (non-hydrogen) atoms. The van der Waals surface area contributed by atoms with Crippen molar-refractivity contribution >= 4 is 17.7 Å². The molecule has 1 heterocycles. The molecule has 2 N–H and O–H groups in total. The largest absolute Gasteiger partial charge is 0.396 e. The molecule has 0 fully saturated rings. The molecule has 0 saturated carbocycles. The number of amides is 1. The highest BCUT2D eigenvalue weighted by Crippen LogP contribution is 2.39. The molecule has 0 aliphatic carbocycles. The predicted octanol–water partition coefficient (Wildman–Crippen LogP) is 2.01. The maximum absolute atomic E-state index is 12.1. The van der Waals surface area contributed by atoms with Crippen LogP contribution in [-0.2, 0) is 4.79 Å². The summed E-state index contributed by atoms with van der Waals surface area (Å²) in [7, 11) is 0. The second-order valence-corrected chi connectivity index (χ2v) is 5.83. The summed E-state index contributed by atoms with van der Waals surface area (Å²) in [5.41, 5.74) is 1.15. The number of aliphatic hydroxyl groups is 1. The van der Waals surface area contributed by atoms with Crippen LogP contribution in [0.15, 0.2) is 29.2 Å². The lowest BCUT2D eigenvalue weighted by Gasteiger charge is -2.14. The average Bonchev–Trinajstić information content (AvgIpc) is 2.80. The Balaban J connectivity index is 1.91. The van der Waals surface area contributed by atoms with E-state index in [2.05, 4.69) is 11.4 Å². The van der Waals surface area contributed by atoms with Crippen LogP contribution in [0.25, 0.3) is 0 Å². The number of fused-ring (bicyclic) bond motifs is 1. The van der Waals surface area contributed by atoms with Crippen LogP contribution >= 0.6 is 11.8 Å². The highest BCUT2D eigenvalue weighted by molar-refractivity contribution is 7.99. The zero-order valence-electron chi connectivity index (χ0n) is 10.6. The molecule has 2 unspecified atom stereocenters. The molecule has 0 spiro atoms. The number of hydrogen-bond acceptors (Lipinski definition) is 3. The average molecular weight is 265 g/mol. The van der Waals surface area contributed by atoms with Crippen LogP contribution in [0, 0.1) is 5.92 Å². The third-order valence-electron chi connectivity index (χ3n) is 3.26. The molecule has 3 nitrogen and oxygen atoms in total. The van der Waals surface area contributed by atoms with Crippen molar-refractivity contribution in [1.29, 1.82) is 0 Å². The summed E-state index contributed by atoms with van der Waals surface area (Å²) in [6.07, 6.45) is 0.732. The van der Waals surface area contributed by atoms with E-state index in [-0.39, 0.29) is 18.4 Å². The van der Waals surface area contributed by atoms with Gasteiger partial charge in [-0.15, -0.1) is 11.8 Å². The van der Waals surface area contributed by atoms with E-state index in [4.69, 9.17) is 5.11 Å². The molecule has 1 aromatic carbocycles. The van der Waals surface area contributed by atoms with Crippen LogP contribution in [0.4, 0.5) is 0 Å². The molecular weight excluding hydrogens is 246 g/mol. The van der Waals surface area contributed by atoms with Gasteiger partial charge in [0, 0.05) is 23.8 Å². The fraction of sp³-hybridized carbons (Fsp3) is 0.500. The quantitative estimate of drug-likeness (QED) is 0.856. The standard InChI is InChI=1S/C14H19NO2S/c1-10(6-7-16)8-15-14(17)12-9-18-13-5-3-2-4-11(12)13/h2-5,10,12,16H,6-9H2,1H3,(H,15,17). The number of hydrogen-bond donors (Lipinski definition) is 2. The summed E-state index contributed by atoms with van der Waals surface area (Å²) in [6.45, 7) is 2.86. The molecule has 0 saturated heterocycles. The Hall–Kier alpha value is -1.00. The summed E-state index contributed by atoms with van der Waals surface area (Å²) in [6, 6.07) is 8.10. The van der Waals surface area contributed by atoms with Crippen molar-refractivity contribution in [2.24, 2.45) is 5.92 Å². The lowest BCUT2D eigenvalue weighted by molar-refractivity contribution is -0.122. The van der Waals surface area contributed by atoms with Gasteiger partial charge in [0.05, 0.1) is 5.92 Å². The molecule has 0 aromatic heterocycles. The van der Waals surface area contributed by atoms with Crippen LogP contribution < -0.4 is 5.32 Å². The molecule has 1 aromatic rings. The van der Waals surface area contributed by atoms with Gasteiger partial charge >= 0.3 is 0 Å². The van der Waals surface area contributed by atoms with Gasteiger partial charge in [-0.05, 0) is 24.0 Å². The maximum atomic E-state index is 12.1. The normalized spacial score (nSPS) is 19.3. The number of nitrogens with one attached hydrogen (secondary N) is 1. The molecule has 2 rings (SSSR count). The number of carbonyl (C=O) groups is 1. The maximum Gasteiger partial charge on any atom is 0.228 e. The number of carbonyl (C=O) groups excluding carboxylic acids is 1. The third kappa shape index (κ3) is 3.06. The number of thioether (sulfide) groups is 1. The molecule has 1 aliphatic rings. The van der Waals surface area contributed by atoms with E-state index in [1.807, 2.05) is 25.1 Å². The van der Waals surface area contributed by atoms with Crippen LogP contribution in [0.5, 0.6) is 0 Å². The van der Waals surface area contributed by atoms with Gasteiger partial charge in [0.1, 0.15) is 0 Å². The molecule has 1 amide bonds. The minimum absolute atomic E-state index is 0.0208. The fourth-order valence-electron chi connectivity index (χ4n) is 2.10. The van der Waals surface area contributed by atoms with Crippen molar-refractivity contribution < 1.29 is 9.90 Å². The van der Waals surface area contributed by atoms with Gasteiger partial charge in [-0.25, -0.2) is 0 Å². The van der Waals surface area contributed by atoms with Crippen LogP contribution in [-0.4, -0.2) is 29.9 Å². The molecule has 2 atom stereocenters. The monoisotopic (exact) mass is 265 g/mol. The van der Waals surface area contributed by atoms with Gasteiger partial charge in [0.2, 0.25) is 5.91 Å². The summed E-state index contributed by atoms with van der Waals surface area (Å²) in [5.74, 6) is 1.24. The number of aliphatic hydroxyl groups excluding tert-OH is 1. The van der Waals surface area contributed by atoms with E-state index < -0.39 is 0 Å². The first-order valence-electron chi connectivity index (χ1n) is 6.32. The molecular formula is C14H19NO2S. The Bertz CT molecular complexity index is 422. The van der Waals surface area contributed by atoms with E-state index in [0.29, 0.717) is 12.5 Å². The molecule has 4 heteroatoms. The summed E-state index contributed by atoms with van der Waals surface area (Å²) >= 11 is 1.75. The van der Waals surface area contributed by atoms with Crippen LogP contribution in [0.3, 0.4) is 0 Å². The van der Waals surface area contributed by atoms with Crippen molar-refractivity contribution in [2.45, 2.75) is 24.2 Å². The van der Waals surface area contributed by atoms with Crippen molar-refractivity contribution in [2.75, 3.05) is 18.9 Å². The number of benzene rings is 1. The second kappa shape index (κ2) is 6.25. The molecule has 0 bridgehead atoms. The van der Waals surface area contributed by atoms with Gasteiger partial charge in [-0.1, -0.05) is 25.1 Å². The van der Waals surface area contributed by atoms with Crippen LogP contribution in [0.2, 0.25) is 0 Å². The first-order valence-corrected chi connectivity index (χ1v) is 7.31. The van der Waals surface area contributed by atoms with Gasteiger partial charge in [-0.2, -0.15) is 0 Å². The predicted molar refractivity (Wildman–Crippen MR) is 73.8 cm³/mol. The summed E-state index contributed by atoms with van der Waals surface area (Å²) in [4.78, 5) is 13.4.